The summed E-state index contributed by atoms with van der Waals surface area (Å²) in [6.07, 6.45) is 2.50. The fourth-order valence-electron chi connectivity index (χ4n) is 3.12. The summed E-state index contributed by atoms with van der Waals surface area (Å²) in [5.74, 6) is 0. The number of hydrogen-bond donors (Lipinski definition) is 2. The predicted octanol–water partition coefficient (Wildman–Crippen LogP) is 2.15. The zero-order valence-electron chi connectivity index (χ0n) is 13.7. The smallest absolute Gasteiger partial charge is 0.0791 e. The van der Waals surface area contributed by atoms with E-state index in [1.54, 1.807) is 6.20 Å². The molecule has 3 rings (SSSR count). The SMILES string of the molecule is C[C@H](NC[C@H](O)CN1CCc2ccccc2C1)c1ccccn1. The highest BCUT2D eigenvalue weighted by atomic mass is 16.3. The van der Waals surface area contributed by atoms with Gasteiger partial charge in [-0.25, -0.2) is 0 Å². The van der Waals surface area contributed by atoms with Gasteiger partial charge >= 0.3 is 0 Å². The average Bonchev–Trinajstić information content (AvgIpc) is 2.60. The first-order chi connectivity index (χ1) is 11.2. The van der Waals surface area contributed by atoms with Crippen LogP contribution in [0.2, 0.25) is 0 Å². The molecule has 2 atom stereocenters. The fourth-order valence-corrected chi connectivity index (χ4v) is 3.12. The number of aromatic nitrogens is 1. The normalized spacial score (nSPS) is 17.5. The van der Waals surface area contributed by atoms with Gasteiger partial charge in [-0.2, -0.15) is 0 Å². The molecular weight excluding hydrogens is 286 g/mol. The van der Waals surface area contributed by atoms with Gasteiger partial charge in [0.15, 0.2) is 0 Å². The third-order valence-electron chi connectivity index (χ3n) is 4.47. The monoisotopic (exact) mass is 311 g/mol. The highest BCUT2D eigenvalue weighted by Gasteiger charge is 2.18. The summed E-state index contributed by atoms with van der Waals surface area (Å²) in [4.78, 5) is 6.68. The van der Waals surface area contributed by atoms with Crippen molar-refractivity contribution in [2.75, 3.05) is 19.6 Å². The van der Waals surface area contributed by atoms with Crippen LogP contribution in [0.3, 0.4) is 0 Å². The fraction of sp³-hybridized carbons (Fsp3) is 0.421. The van der Waals surface area contributed by atoms with Crippen LogP contribution in [-0.4, -0.2) is 40.7 Å². The van der Waals surface area contributed by atoms with Crippen molar-refractivity contribution in [2.24, 2.45) is 0 Å². The molecule has 1 aromatic heterocycles. The molecule has 1 aromatic carbocycles. The maximum absolute atomic E-state index is 10.3. The van der Waals surface area contributed by atoms with Gasteiger partial charge in [-0.15, -0.1) is 0 Å². The second kappa shape index (κ2) is 7.68. The van der Waals surface area contributed by atoms with Gasteiger partial charge in [0.25, 0.3) is 0 Å². The molecule has 0 spiro atoms. The first-order valence-corrected chi connectivity index (χ1v) is 8.34. The molecule has 0 saturated carbocycles. The van der Waals surface area contributed by atoms with Crippen LogP contribution >= 0.6 is 0 Å². The number of nitrogens with one attached hydrogen (secondary N) is 1. The zero-order valence-corrected chi connectivity index (χ0v) is 13.7. The van der Waals surface area contributed by atoms with E-state index in [1.165, 1.54) is 11.1 Å². The molecule has 0 aliphatic carbocycles. The average molecular weight is 311 g/mol. The molecule has 0 bridgehead atoms. The number of β-amino-alcohol motifs (C(OH)–C–C–N with tert-alkyl or cyclic N) is 1. The lowest BCUT2D eigenvalue weighted by molar-refractivity contribution is 0.102. The minimum atomic E-state index is -0.369. The van der Waals surface area contributed by atoms with Crippen molar-refractivity contribution in [3.8, 4) is 0 Å². The van der Waals surface area contributed by atoms with Crippen molar-refractivity contribution < 1.29 is 5.11 Å². The van der Waals surface area contributed by atoms with Crippen molar-refractivity contribution in [3.05, 3.63) is 65.5 Å². The van der Waals surface area contributed by atoms with Crippen molar-refractivity contribution in [1.29, 1.82) is 0 Å². The number of pyridine rings is 1. The van der Waals surface area contributed by atoms with E-state index in [9.17, 15) is 5.11 Å². The molecule has 2 heterocycles. The first-order valence-electron chi connectivity index (χ1n) is 8.34. The summed E-state index contributed by atoms with van der Waals surface area (Å²) in [5.41, 5.74) is 3.84. The zero-order chi connectivity index (χ0) is 16.1. The van der Waals surface area contributed by atoms with Gasteiger partial charge in [-0.3, -0.25) is 9.88 Å². The Morgan fingerprint density at radius 2 is 1.96 bits per heavy atom. The van der Waals surface area contributed by atoms with E-state index < -0.39 is 0 Å². The molecule has 4 heteroatoms. The van der Waals surface area contributed by atoms with Crippen LogP contribution in [0.5, 0.6) is 0 Å². The Labute approximate surface area is 138 Å². The minimum absolute atomic E-state index is 0.146. The molecule has 0 fully saturated rings. The molecule has 122 valence electrons. The van der Waals surface area contributed by atoms with Gasteiger partial charge in [0, 0.05) is 38.4 Å². The van der Waals surface area contributed by atoms with Crippen LogP contribution in [0.4, 0.5) is 0 Å². The van der Waals surface area contributed by atoms with E-state index in [1.807, 2.05) is 18.2 Å². The molecule has 2 N–H and O–H groups in total. The summed E-state index contributed by atoms with van der Waals surface area (Å²) in [6, 6.07) is 14.6. The van der Waals surface area contributed by atoms with Crippen molar-refractivity contribution >= 4 is 0 Å². The lowest BCUT2D eigenvalue weighted by Crippen LogP contribution is -2.41. The largest absolute Gasteiger partial charge is 0.390 e. The molecular formula is C19H25N3O. The number of nitrogens with zero attached hydrogens (tertiary/aromatic N) is 2. The van der Waals surface area contributed by atoms with Gasteiger partial charge in [0.2, 0.25) is 0 Å². The van der Waals surface area contributed by atoms with E-state index in [4.69, 9.17) is 0 Å². The lowest BCUT2D eigenvalue weighted by atomic mass is 10.00. The Morgan fingerprint density at radius 3 is 2.74 bits per heavy atom. The number of aliphatic hydroxyl groups excluding tert-OH is 1. The van der Waals surface area contributed by atoms with Gasteiger partial charge in [0.05, 0.1) is 11.8 Å². The van der Waals surface area contributed by atoms with E-state index in [2.05, 4.69) is 46.4 Å². The van der Waals surface area contributed by atoms with Crippen LogP contribution in [-0.2, 0) is 13.0 Å². The van der Waals surface area contributed by atoms with E-state index in [-0.39, 0.29) is 12.1 Å². The Balaban J connectivity index is 1.46. The topological polar surface area (TPSA) is 48.4 Å². The van der Waals surface area contributed by atoms with E-state index >= 15 is 0 Å². The molecule has 1 aliphatic heterocycles. The lowest BCUT2D eigenvalue weighted by Gasteiger charge is -2.30. The molecule has 1 aliphatic rings. The van der Waals surface area contributed by atoms with Gasteiger partial charge in [-0.05, 0) is 36.6 Å². The minimum Gasteiger partial charge on any atom is -0.390 e. The maximum atomic E-state index is 10.3. The molecule has 23 heavy (non-hydrogen) atoms. The van der Waals surface area contributed by atoms with Crippen molar-refractivity contribution in [2.45, 2.75) is 32.0 Å². The Hall–Kier alpha value is -1.75. The van der Waals surface area contributed by atoms with Crippen LogP contribution in [0.25, 0.3) is 0 Å². The summed E-state index contributed by atoms with van der Waals surface area (Å²) >= 11 is 0. The second-order valence-corrected chi connectivity index (χ2v) is 6.29. The predicted molar refractivity (Wildman–Crippen MR) is 92.1 cm³/mol. The van der Waals surface area contributed by atoms with Gasteiger partial charge in [-0.1, -0.05) is 30.3 Å². The summed E-state index contributed by atoms with van der Waals surface area (Å²) < 4.78 is 0. The Bertz CT molecular complexity index is 617. The molecule has 0 amide bonds. The van der Waals surface area contributed by atoms with E-state index in [0.29, 0.717) is 13.1 Å². The Kier molecular flexibility index (Phi) is 5.39. The standard InChI is InChI=1S/C19H25N3O/c1-15(19-8-4-5-10-20-19)21-12-18(23)14-22-11-9-16-6-2-3-7-17(16)13-22/h2-8,10,15,18,21,23H,9,11-14H2,1H3/t15-,18-/m0/s1. The number of aliphatic hydroxyl groups is 1. The number of hydrogen-bond acceptors (Lipinski definition) is 4. The highest BCUT2D eigenvalue weighted by Crippen LogP contribution is 2.18. The third kappa shape index (κ3) is 4.38. The van der Waals surface area contributed by atoms with Crippen molar-refractivity contribution in [1.82, 2.24) is 15.2 Å². The highest BCUT2D eigenvalue weighted by molar-refractivity contribution is 5.29. The molecule has 0 saturated heterocycles. The molecule has 2 aromatic rings. The van der Waals surface area contributed by atoms with Crippen molar-refractivity contribution in [3.63, 3.8) is 0 Å². The van der Waals surface area contributed by atoms with Crippen LogP contribution in [0, 0.1) is 0 Å². The number of rotatable bonds is 6. The van der Waals surface area contributed by atoms with Crippen LogP contribution < -0.4 is 5.32 Å². The second-order valence-electron chi connectivity index (χ2n) is 6.29. The third-order valence-corrected chi connectivity index (χ3v) is 4.47. The van der Waals surface area contributed by atoms with E-state index in [0.717, 1.165) is 25.2 Å². The molecule has 4 nitrogen and oxygen atoms in total. The van der Waals surface area contributed by atoms with Crippen LogP contribution in [0.15, 0.2) is 48.7 Å². The summed E-state index contributed by atoms with van der Waals surface area (Å²) in [7, 11) is 0. The first kappa shape index (κ1) is 16.1. The number of benzene rings is 1. The molecule has 0 radical (unpaired) electrons. The quantitative estimate of drug-likeness (QED) is 0.858. The summed E-state index contributed by atoms with van der Waals surface area (Å²) in [6.45, 7) is 5.31. The summed E-state index contributed by atoms with van der Waals surface area (Å²) in [5, 5.41) is 13.7. The van der Waals surface area contributed by atoms with Gasteiger partial charge < -0.3 is 10.4 Å². The van der Waals surface area contributed by atoms with Crippen LogP contribution in [0.1, 0.15) is 29.8 Å². The number of fused-ring (bicyclic) bond motifs is 1. The Morgan fingerprint density at radius 1 is 1.17 bits per heavy atom. The maximum Gasteiger partial charge on any atom is 0.0791 e. The molecule has 0 unspecified atom stereocenters. The van der Waals surface area contributed by atoms with Gasteiger partial charge in [0.1, 0.15) is 0 Å².